The van der Waals surface area contributed by atoms with Gasteiger partial charge < -0.3 is 15.1 Å². The minimum Gasteiger partial charge on any atom is -0.459 e. The number of hydrogen-bond donors (Lipinski definition) is 1. The fourth-order valence-electron chi connectivity index (χ4n) is 3.71. The molecule has 2 N–H and O–H groups in total. The number of carbonyl (C=O) groups is 1. The molecule has 2 aromatic heterocycles. The predicted molar refractivity (Wildman–Crippen MR) is 98.9 cm³/mol. The number of hydrogen-bond acceptors (Lipinski definition) is 4. The monoisotopic (exact) mass is 335 g/mol. The lowest BCUT2D eigenvalue weighted by Crippen LogP contribution is -2.18. The highest BCUT2D eigenvalue weighted by atomic mass is 16.3. The number of anilines is 1. The fourth-order valence-corrected chi connectivity index (χ4v) is 3.71. The summed E-state index contributed by atoms with van der Waals surface area (Å²) in [5.74, 6) is -0.371. The summed E-state index contributed by atoms with van der Waals surface area (Å²) in [6.07, 6.45) is 3.96. The second-order valence-corrected chi connectivity index (χ2v) is 6.69. The van der Waals surface area contributed by atoms with Crippen molar-refractivity contribution < 1.29 is 9.21 Å². The maximum atomic E-state index is 11.6. The number of furan rings is 1. The Morgan fingerprint density at radius 1 is 1.16 bits per heavy atom. The van der Waals surface area contributed by atoms with E-state index in [1.54, 1.807) is 6.07 Å². The van der Waals surface area contributed by atoms with Gasteiger partial charge in [-0.15, -0.1) is 0 Å². The van der Waals surface area contributed by atoms with E-state index in [4.69, 9.17) is 15.1 Å². The molecule has 0 aliphatic carbocycles. The zero-order valence-electron chi connectivity index (χ0n) is 14.5. The van der Waals surface area contributed by atoms with Crippen molar-refractivity contribution in [3.05, 3.63) is 47.5 Å². The van der Waals surface area contributed by atoms with Gasteiger partial charge in [0.15, 0.2) is 5.76 Å². The summed E-state index contributed by atoms with van der Waals surface area (Å²) in [7, 11) is 0. The lowest BCUT2D eigenvalue weighted by atomic mass is 9.97. The average molecular weight is 335 g/mol. The van der Waals surface area contributed by atoms with Gasteiger partial charge in [0.05, 0.1) is 11.8 Å². The number of nitrogens with zero attached hydrogens (tertiary/aromatic N) is 2. The second-order valence-electron chi connectivity index (χ2n) is 6.69. The molecule has 0 atom stereocenters. The zero-order valence-corrected chi connectivity index (χ0v) is 14.5. The van der Waals surface area contributed by atoms with Crippen molar-refractivity contribution in [3.8, 4) is 11.1 Å². The molecule has 0 saturated carbocycles. The minimum atomic E-state index is -0.561. The Kier molecular flexibility index (Phi) is 3.71. The first-order valence-corrected chi connectivity index (χ1v) is 8.59. The summed E-state index contributed by atoms with van der Waals surface area (Å²) < 4.78 is 5.27. The molecular weight excluding hydrogens is 314 g/mol. The molecule has 0 bridgehead atoms. The van der Waals surface area contributed by atoms with Crippen LogP contribution in [-0.4, -0.2) is 24.0 Å². The van der Waals surface area contributed by atoms with E-state index in [2.05, 4.69) is 17.0 Å². The molecule has 128 valence electrons. The minimum absolute atomic E-state index is 0.190. The van der Waals surface area contributed by atoms with Crippen LogP contribution in [0.4, 0.5) is 5.69 Å². The summed E-state index contributed by atoms with van der Waals surface area (Å²) in [5.41, 5.74) is 11.3. The van der Waals surface area contributed by atoms with Crippen LogP contribution < -0.4 is 10.6 Å². The molecule has 3 aromatic rings. The zero-order chi connectivity index (χ0) is 17.6. The summed E-state index contributed by atoms with van der Waals surface area (Å²) in [6, 6.07) is 8.14. The Morgan fingerprint density at radius 3 is 2.64 bits per heavy atom. The van der Waals surface area contributed by atoms with Crippen molar-refractivity contribution in [2.45, 2.75) is 26.7 Å². The quantitative estimate of drug-likeness (QED) is 0.790. The molecule has 1 aliphatic rings. The van der Waals surface area contributed by atoms with Crippen LogP contribution in [0.1, 0.15) is 34.7 Å². The molecule has 0 unspecified atom stereocenters. The predicted octanol–water partition coefficient (Wildman–Crippen LogP) is 3.81. The molecule has 3 heterocycles. The molecule has 1 aliphatic heterocycles. The van der Waals surface area contributed by atoms with Crippen LogP contribution in [0.25, 0.3) is 22.0 Å². The van der Waals surface area contributed by atoms with Gasteiger partial charge in [-0.3, -0.25) is 9.78 Å². The van der Waals surface area contributed by atoms with Crippen molar-refractivity contribution in [2.75, 3.05) is 18.0 Å². The smallest absolute Gasteiger partial charge is 0.285 e. The summed E-state index contributed by atoms with van der Waals surface area (Å²) in [6.45, 7) is 6.24. The number of benzene rings is 1. The molecule has 25 heavy (non-hydrogen) atoms. The number of aromatic nitrogens is 1. The molecule has 1 amide bonds. The Morgan fingerprint density at radius 2 is 1.92 bits per heavy atom. The van der Waals surface area contributed by atoms with Gasteiger partial charge in [0, 0.05) is 35.4 Å². The van der Waals surface area contributed by atoms with E-state index in [0.717, 1.165) is 46.4 Å². The van der Waals surface area contributed by atoms with Crippen LogP contribution in [0.2, 0.25) is 0 Å². The van der Waals surface area contributed by atoms with Crippen molar-refractivity contribution in [1.82, 2.24) is 4.98 Å². The maximum Gasteiger partial charge on any atom is 0.285 e. The third-order valence-electron chi connectivity index (χ3n) is 4.89. The Labute approximate surface area is 146 Å². The molecular formula is C20H21N3O2. The van der Waals surface area contributed by atoms with Gasteiger partial charge >= 0.3 is 0 Å². The van der Waals surface area contributed by atoms with E-state index in [1.807, 2.05) is 19.9 Å². The number of primary amides is 1. The van der Waals surface area contributed by atoms with E-state index in [9.17, 15) is 4.79 Å². The third-order valence-corrected chi connectivity index (χ3v) is 4.89. The first-order valence-electron chi connectivity index (χ1n) is 8.59. The van der Waals surface area contributed by atoms with Crippen LogP contribution >= 0.6 is 0 Å². The van der Waals surface area contributed by atoms with Gasteiger partial charge in [0.25, 0.3) is 5.91 Å². The van der Waals surface area contributed by atoms with Crippen molar-refractivity contribution >= 4 is 22.5 Å². The number of aryl methyl sites for hydroxylation is 2. The molecule has 1 saturated heterocycles. The molecule has 1 fully saturated rings. The number of amides is 1. The van der Waals surface area contributed by atoms with E-state index in [-0.39, 0.29) is 5.76 Å². The van der Waals surface area contributed by atoms with E-state index < -0.39 is 5.91 Å². The third kappa shape index (κ3) is 2.65. The first-order chi connectivity index (χ1) is 12.0. The molecule has 1 aromatic carbocycles. The van der Waals surface area contributed by atoms with Crippen molar-refractivity contribution in [3.63, 3.8) is 0 Å². The lowest BCUT2D eigenvalue weighted by Gasteiger charge is -2.21. The standard InChI is InChI=1S/C20H21N3O2/c1-12-9-16-17(11-15(12)14-5-8-25-19(14)20(21)24)22-13(2)10-18(16)23-6-3-4-7-23/h5,8-11H,3-4,6-7H2,1-2H3,(H2,21,24). The largest absolute Gasteiger partial charge is 0.459 e. The van der Waals surface area contributed by atoms with Crippen molar-refractivity contribution in [1.29, 1.82) is 0 Å². The number of pyridine rings is 1. The highest BCUT2D eigenvalue weighted by Crippen LogP contribution is 2.35. The van der Waals surface area contributed by atoms with Gasteiger partial charge in [-0.2, -0.15) is 0 Å². The summed E-state index contributed by atoms with van der Waals surface area (Å²) in [5, 5.41) is 1.15. The van der Waals surface area contributed by atoms with E-state index in [1.165, 1.54) is 24.8 Å². The Balaban J connectivity index is 1.93. The number of carbonyl (C=O) groups excluding carboxylic acids is 1. The highest BCUT2D eigenvalue weighted by Gasteiger charge is 2.20. The normalized spacial score (nSPS) is 14.4. The highest BCUT2D eigenvalue weighted by molar-refractivity contribution is 6.00. The van der Waals surface area contributed by atoms with Gasteiger partial charge in [0.2, 0.25) is 0 Å². The lowest BCUT2D eigenvalue weighted by molar-refractivity contribution is 0.0975. The van der Waals surface area contributed by atoms with Crippen LogP contribution in [0.5, 0.6) is 0 Å². The Bertz CT molecular complexity index is 968. The van der Waals surface area contributed by atoms with Crippen LogP contribution in [0.3, 0.4) is 0 Å². The SMILES string of the molecule is Cc1cc(N2CCCC2)c2cc(C)c(-c3ccoc3C(N)=O)cc2n1. The topological polar surface area (TPSA) is 72.4 Å². The summed E-state index contributed by atoms with van der Waals surface area (Å²) in [4.78, 5) is 18.8. The van der Waals surface area contributed by atoms with E-state index >= 15 is 0 Å². The van der Waals surface area contributed by atoms with Gasteiger partial charge in [-0.05, 0) is 62.1 Å². The number of rotatable bonds is 3. The summed E-state index contributed by atoms with van der Waals surface area (Å²) >= 11 is 0. The first kappa shape index (κ1) is 15.7. The van der Waals surface area contributed by atoms with Crippen LogP contribution in [0, 0.1) is 13.8 Å². The molecule has 0 radical (unpaired) electrons. The Hall–Kier alpha value is -2.82. The van der Waals surface area contributed by atoms with Gasteiger partial charge in [0.1, 0.15) is 0 Å². The molecule has 4 rings (SSSR count). The molecule has 5 heteroatoms. The average Bonchev–Trinajstić information content (AvgIpc) is 3.25. The van der Waals surface area contributed by atoms with Crippen LogP contribution in [-0.2, 0) is 0 Å². The van der Waals surface area contributed by atoms with E-state index in [0.29, 0.717) is 0 Å². The number of nitrogens with two attached hydrogens (primary N) is 1. The number of fused-ring (bicyclic) bond motifs is 1. The van der Waals surface area contributed by atoms with Gasteiger partial charge in [-0.1, -0.05) is 0 Å². The maximum absolute atomic E-state index is 11.6. The fraction of sp³-hybridized carbons (Fsp3) is 0.300. The van der Waals surface area contributed by atoms with Gasteiger partial charge in [-0.25, -0.2) is 0 Å². The van der Waals surface area contributed by atoms with Crippen molar-refractivity contribution in [2.24, 2.45) is 5.73 Å². The molecule has 5 nitrogen and oxygen atoms in total. The molecule has 0 spiro atoms. The van der Waals surface area contributed by atoms with Crippen LogP contribution in [0.15, 0.2) is 34.9 Å². The second kappa shape index (κ2) is 5.92.